The maximum atomic E-state index is 12.3. The molecule has 1 amide bonds. The lowest BCUT2D eigenvalue weighted by Gasteiger charge is -2.26. The van der Waals surface area contributed by atoms with Gasteiger partial charge >= 0.3 is 0 Å². The molecular formula is C12H16N2O4S. The van der Waals surface area contributed by atoms with E-state index < -0.39 is 9.84 Å². The van der Waals surface area contributed by atoms with Gasteiger partial charge in [0.25, 0.3) is 5.91 Å². The number of nitrogens with zero attached hydrogens (tertiary/aromatic N) is 2. The van der Waals surface area contributed by atoms with E-state index in [2.05, 4.69) is 4.98 Å². The number of aromatic nitrogens is 1. The van der Waals surface area contributed by atoms with Crippen molar-refractivity contribution in [2.24, 2.45) is 0 Å². The molecule has 2 heterocycles. The van der Waals surface area contributed by atoms with E-state index in [1.165, 1.54) is 23.4 Å². The van der Waals surface area contributed by atoms with Crippen molar-refractivity contribution in [3.05, 3.63) is 24.0 Å². The van der Waals surface area contributed by atoms with Crippen LogP contribution in [0.3, 0.4) is 0 Å². The van der Waals surface area contributed by atoms with Crippen molar-refractivity contribution >= 4 is 15.7 Å². The fourth-order valence-corrected chi connectivity index (χ4v) is 4.03. The number of carbonyl (C=O) groups excluding carboxylic acids is 1. The predicted octanol–water partition coefficient (Wildman–Crippen LogP) is 0.436. The van der Waals surface area contributed by atoms with Crippen LogP contribution in [0.2, 0.25) is 0 Å². The van der Waals surface area contributed by atoms with Gasteiger partial charge in [-0.15, -0.1) is 0 Å². The lowest BCUT2D eigenvalue weighted by Crippen LogP contribution is -2.41. The highest BCUT2D eigenvalue weighted by molar-refractivity contribution is 7.91. The van der Waals surface area contributed by atoms with Gasteiger partial charge in [-0.25, -0.2) is 8.42 Å². The SMILES string of the molecule is CCN(C(=O)c1cncc(O)c1)C1CCS(=O)(=O)C1. The van der Waals surface area contributed by atoms with Gasteiger partial charge in [-0.1, -0.05) is 0 Å². The number of carbonyl (C=O) groups is 1. The molecule has 1 saturated heterocycles. The van der Waals surface area contributed by atoms with Gasteiger partial charge in [0, 0.05) is 18.8 Å². The Morgan fingerprint density at radius 3 is 2.79 bits per heavy atom. The average Bonchev–Trinajstić information content (AvgIpc) is 2.70. The standard InChI is InChI=1S/C12H16N2O4S/c1-2-14(10-3-4-19(17,18)8-10)12(16)9-5-11(15)7-13-6-9/h5-7,10,15H,2-4,8H2,1H3. The molecule has 1 aliphatic heterocycles. The highest BCUT2D eigenvalue weighted by atomic mass is 32.2. The highest BCUT2D eigenvalue weighted by Crippen LogP contribution is 2.20. The van der Waals surface area contributed by atoms with Crippen molar-refractivity contribution < 1.29 is 18.3 Å². The summed E-state index contributed by atoms with van der Waals surface area (Å²) in [4.78, 5) is 17.6. The van der Waals surface area contributed by atoms with Gasteiger partial charge in [0.05, 0.1) is 23.3 Å². The average molecular weight is 284 g/mol. The lowest BCUT2D eigenvalue weighted by atomic mass is 10.1. The molecule has 104 valence electrons. The van der Waals surface area contributed by atoms with Crippen LogP contribution in [0.1, 0.15) is 23.7 Å². The number of rotatable bonds is 3. The van der Waals surface area contributed by atoms with E-state index in [1.807, 2.05) is 0 Å². The smallest absolute Gasteiger partial charge is 0.255 e. The Labute approximate surface area is 112 Å². The van der Waals surface area contributed by atoms with Crippen LogP contribution in [-0.4, -0.2) is 53.4 Å². The van der Waals surface area contributed by atoms with Gasteiger partial charge in [0.15, 0.2) is 9.84 Å². The highest BCUT2D eigenvalue weighted by Gasteiger charge is 2.34. The van der Waals surface area contributed by atoms with Crippen LogP contribution < -0.4 is 0 Å². The molecule has 19 heavy (non-hydrogen) atoms. The Morgan fingerprint density at radius 1 is 1.53 bits per heavy atom. The van der Waals surface area contributed by atoms with Gasteiger partial charge in [-0.05, 0) is 19.4 Å². The molecule has 1 unspecified atom stereocenters. The van der Waals surface area contributed by atoms with Gasteiger partial charge in [0.1, 0.15) is 5.75 Å². The minimum atomic E-state index is -3.03. The lowest BCUT2D eigenvalue weighted by molar-refractivity contribution is 0.0707. The second-order valence-corrected chi connectivity index (χ2v) is 6.81. The Kier molecular flexibility index (Phi) is 3.75. The zero-order chi connectivity index (χ0) is 14.0. The summed E-state index contributed by atoms with van der Waals surface area (Å²) in [5.41, 5.74) is 0.270. The van der Waals surface area contributed by atoms with Gasteiger partial charge in [-0.2, -0.15) is 0 Å². The van der Waals surface area contributed by atoms with E-state index in [-0.39, 0.29) is 34.8 Å². The Morgan fingerprint density at radius 2 is 2.26 bits per heavy atom. The number of hydrogen-bond donors (Lipinski definition) is 1. The Hall–Kier alpha value is -1.63. The third-order valence-electron chi connectivity index (χ3n) is 3.22. The quantitative estimate of drug-likeness (QED) is 0.870. The number of hydrogen-bond acceptors (Lipinski definition) is 5. The molecule has 1 aromatic rings. The van der Waals surface area contributed by atoms with E-state index in [0.717, 1.165) is 0 Å². The molecule has 2 rings (SSSR count). The van der Waals surface area contributed by atoms with Gasteiger partial charge in [-0.3, -0.25) is 9.78 Å². The van der Waals surface area contributed by atoms with E-state index in [4.69, 9.17) is 0 Å². The summed E-state index contributed by atoms with van der Waals surface area (Å²) in [7, 11) is -3.03. The van der Waals surface area contributed by atoms with E-state index in [1.54, 1.807) is 6.92 Å². The first kappa shape index (κ1) is 13.8. The van der Waals surface area contributed by atoms with Crippen LogP contribution in [0.15, 0.2) is 18.5 Å². The van der Waals surface area contributed by atoms with Crippen molar-refractivity contribution in [1.82, 2.24) is 9.88 Å². The topological polar surface area (TPSA) is 87.6 Å². The van der Waals surface area contributed by atoms with Crippen molar-refractivity contribution in [2.75, 3.05) is 18.1 Å². The Bertz CT molecular complexity index is 585. The third-order valence-corrected chi connectivity index (χ3v) is 4.97. The monoisotopic (exact) mass is 284 g/mol. The molecule has 0 saturated carbocycles. The third kappa shape index (κ3) is 3.04. The fraction of sp³-hybridized carbons (Fsp3) is 0.500. The zero-order valence-electron chi connectivity index (χ0n) is 10.6. The summed E-state index contributed by atoms with van der Waals surface area (Å²) >= 11 is 0. The number of pyridine rings is 1. The zero-order valence-corrected chi connectivity index (χ0v) is 11.4. The summed E-state index contributed by atoms with van der Waals surface area (Å²) in [6.45, 7) is 2.23. The minimum absolute atomic E-state index is 0.0127. The van der Waals surface area contributed by atoms with Gasteiger partial charge in [0.2, 0.25) is 0 Å². The molecule has 7 heteroatoms. The largest absolute Gasteiger partial charge is 0.506 e. The molecule has 0 spiro atoms. The molecule has 0 bridgehead atoms. The molecule has 0 radical (unpaired) electrons. The van der Waals surface area contributed by atoms with E-state index in [0.29, 0.717) is 13.0 Å². The normalized spacial score (nSPS) is 21.2. The summed E-state index contributed by atoms with van der Waals surface area (Å²) < 4.78 is 23.0. The van der Waals surface area contributed by atoms with Crippen LogP contribution in [0.4, 0.5) is 0 Å². The number of aromatic hydroxyl groups is 1. The molecule has 0 aromatic carbocycles. The molecular weight excluding hydrogens is 268 g/mol. The second-order valence-electron chi connectivity index (χ2n) is 4.58. The minimum Gasteiger partial charge on any atom is -0.506 e. The summed E-state index contributed by atoms with van der Waals surface area (Å²) in [6.07, 6.45) is 3.08. The first-order valence-corrected chi connectivity index (χ1v) is 7.90. The first-order chi connectivity index (χ1) is 8.93. The predicted molar refractivity (Wildman–Crippen MR) is 69.7 cm³/mol. The van der Waals surface area contributed by atoms with Crippen molar-refractivity contribution in [2.45, 2.75) is 19.4 Å². The summed E-state index contributed by atoms with van der Waals surface area (Å²) in [5, 5.41) is 9.34. The molecule has 1 atom stereocenters. The van der Waals surface area contributed by atoms with Crippen LogP contribution in [0.5, 0.6) is 5.75 Å². The number of sulfone groups is 1. The summed E-state index contributed by atoms with van der Waals surface area (Å²) in [6, 6.07) is 1.05. The maximum absolute atomic E-state index is 12.3. The molecule has 1 aromatic heterocycles. The van der Waals surface area contributed by atoms with E-state index in [9.17, 15) is 18.3 Å². The van der Waals surface area contributed by atoms with Crippen LogP contribution in [0.25, 0.3) is 0 Å². The van der Waals surface area contributed by atoms with E-state index >= 15 is 0 Å². The van der Waals surface area contributed by atoms with Crippen LogP contribution in [0, 0.1) is 0 Å². The molecule has 0 aliphatic carbocycles. The maximum Gasteiger partial charge on any atom is 0.255 e. The number of amides is 1. The van der Waals surface area contributed by atoms with Crippen LogP contribution in [-0.2, 0) is 9.84 Å². The van der Waals surface area contributed by atoms with Crippen molar-refractivity contribution in [3.63, 3.8) is 0 Å². The summed E-state index contributed by atoms with van der Waals surface area (Å²) in [5.74, 6) is -0.243. The second kappa shape index (κ2) is 5.16. The van der Waals surface area contributed by atoms with Crippen molar-refractivity contribution in [1.29, 1.82) is 0 Å². The molecule has 1 aliphatic rings. The van der Waals surface area contributed by atoms with Crippen LogP contribution >= 0.6 is 0 Å². The van der Waals surface area contributed by atoms with Crippen molar-refractivity contribution in [3.8, 4) is 5.75 Å². The first-order valence-electron chi connectivity index (χ1n) is 6.08. The fourth-order valence-electron chi connectivity index (χ4n) is 2.30. The molecule has 1 N–H and O–H groups in total. The molecule has 1 fully saturated rings. The van der Waals surface area contributed by atoms with Gasteiger partial charge < -0.3 is 10.0 Å². The Balaban J connectivity index is 2.21. The molecule has 6 nitrogen and oxygen atoms in total.